The fourth-order valence-electron chi connectivity index (χ4n) is 2.48. The van der Waals surface area contributed by atoms with Crippen LogP contribution in [0.5, 0.6) is 17.4 Å². The van der Waals surface area contributed by atoms with Crippen molar-refractivity contribution in [2.75, 3.05) is 6.61 Å². The van der Waals surface area contributed by atoms with Crippen LogP contribution in [0.15, 0.2) is 36.4 Å². The van der Waals surface area contributed by atoms with Crippen LogP contribution in [-0.2, 0) is 0 Å². The number of hydrogen-bond donors (Lipinski definition) is 0. The second-order valence-corrected chi connectivity index (χ2v) is 5.88. The molecule has 0 aliphatic rings. The van der Waals surface area contributed by atoms with E-state index in [9.17, 15) is 0 Å². The van der Waals surface area contributed by atoms with Crippen molar-refractivity contribution in [3.63, 3.8) is 0 Å². The molecule has 2 aromatic heterocycles. The van der Waals surface area contributed by atoms with Crippen molar-refractivity contribution in [2.45, 2.75) is 34.1 Å². The third kappa shape index (κ3) is 3.96. The zero-order valence-corrected chi connectivity index (χ0v) is 15.0. The highest BCUT2D eigenvalue weighted by Crippen LogP contribution is 2.31. The van der Waals surface area contributed by atoms with Crippen LogP contribution in [0.2, 0.25) is 0 Å². The molecule has 0 saturated heterocycles. The van der Waals surface area contributed by atoms with E-state index in [4.69, 9.17) is 9.47 Å². The third-order valence-corrected chi connectivity index (χ3v) is 3.54. The molecule has 0 radical (unpaired) electrons. The Labute approximate surface area is 147 Å². The molecule has 0 saturated carbocycles. The first-order chi connectivity index (χ1) is 12.1. The Morgan fingerprint density at radius 1 is 0.960 bits per heavy atom. The van der Waals surface area contributed by atoms with E-state index in [1.807, 2.05) is 51.1 Å². The van der Waals surface area contributed by atoms with Crippen LogP contribution in [-0.4, -0.2) is 26.4 Å². The van der Waals surface area contributed by atoms with Crippen LogP contribution in [0, 0.1) is 20.8 Å². The van der Waals surface area contributed by atoms with E-state index in [1.165, 1.54) is 0 Å². The van der Waals surface area contributed by atoms with Gasteiger partial charge >= 0.3 is 0 Å². The Morgan fingerprint density at radius 2 is 1.72 bits per heavy atom. The number of aryl methyl sites for hydroxylation is 3. The predicted octanol–water partition coefficient (Wildman–Crippen LogP) is 4.17. The minimum absolute atomic E-state index is 0.461. The summed E-state index contributed by atoms with van der Waals surface area (Å²) < 4.78 is 13.4. The Balaban J connectivity index is 1.93. The molecular formula is C19H22N4O2. The first-order valence-electron chi connectivity index (χ1n) is 8.36. The van der Waals surface area contributed by atoms with Gasteiger partial charge in [0.25, 0.3) is 5.95 Å². The van der Waals surface area contributed by atoms with E-state index in [2.05, 4.69) is 22.0 Å². The predicted molar refractivity (Wildman–Crippen MR) is 95.7 cm³/mol. The quantitative estimate of drug-likeness (QED) is 0.675. The van der Waals surface area contributed by atoms with Crippen LogP contribution in [0.3, 0.4) is 0 Å². The molecule has 0 bridgehead atoms. The Morgan fingerprint density at radius 3 is 2.40 bits per heavy atom. The van der Waals surface area contributed by atoms with Crippen molar-refractivity contribution in [1.29, 1.82) is 0 Å². The minimum Gasteiger partial charge on any atom is -0.490 e. The van der Waals surface area contributed by atoms with E-state index in [0.29, 0.717) is 29.9 Å². The maximum Gasteiger partial charge on any atom is 0.254 e. The molecule has 6 nitrogen and oxygen atoms in total. The molecule has 6 heteroatoms. The molecule has 0 spiro atoms. The zero-order valence-electron chi connectivity index (χ0n) is 15.0. The molecule has 0 N–H and O–H groups in total. The van der Waals surface area contributed by atoms with Gasteiger partial charge in [-0.05, 0) is 45.4 Å². The summed E-state index contributed by atoms with van der Waals surface area (Å²) in [6, 6.07) is 11.4. The van der Waals surface area contributed by atoms with Gasteiger partial charge in [-0.3, -0.25) is 0 Å². The van der Waals surface area contributed by atoms with Gasteiger partial charge in [-0.2, -0.15) is 10.1 Å². The number of rotatable bonds is 6. The summed E-state index contributed by atoms with van der Waals surface area (Å²) in [5.74, 6) is 2.29. The smallest absolute Gasteiger partial charge is 0.254 e. The molecule has 0 aliphatic carbocycles. The molecule has 0 atom stereocenters. The molecule has 130 valence electrons. The number of aromatic nitrogens is 4. The number of hydrogen-bond acceptors (Lipinski definition) is 5. The van der Waals surface area contributed by atoms with Gasteiger partial charge in [-0.25, -0.2) is 9.67 Å². The standard InChI is InChI=1S/C19H22N4O2/c1-5-10-24-16-8-6-7-9-17(16)25-18-12-13(2)20-19(21-18)23-15(4)11-14(3)22-23/h6-9,11-12H,5,10H2,1-4H3. The average molecular weight is 338 g/mol. The lowest BCUT2D eigenvalue weighted by atomic mass is 10.3. The van der Waals surface area contributed by atoms with Gasteiger partial charge in [0.05, 0.1) is 12.3 Å². The monoisotopic (exact) mass is 338 g/mol. The Hall–Kier alpha value is -2.89. The van der Waals surface area contributed by atoms with E-state index in [-0.39, 0.29) is 0 Å². The van der Waals surface area contributed by atoms with Gasteiger partial charge in [0.15, 0.2) is 11.5 Å². The maximum absolute atomic E-state index is 5.98. The lowest BCUT2D eigenvalue weighted by Crippen LogP contribution is -2.07. The molecule has 0 fully saturated rings. The number of para-hydroxylation sites is 2. The summed E-state index contributed by atoms with van der Waals surface area (Å²) in [5, 5.41) is 4.44. The summed E-state index contributed by atoms with van der Waals surface area (Å²) in [6.45, 7) is 8.53. The number of ether oxygens (including phenoxy) is 2. The molecule has 0 unspecified atom stereocenters. The second-order valence-electron chi connectivity index (χ2n) is 5.88. The molecule has 1 aromatic carbocycles. The number of benzene rings is 1. The van der Waals surface area contributed by atoms with Crippen LogP contribution in [0.4, 0.5) is 0 Å². The van der Waals surface area contributed by atoms with Crippen molar-refractivity contribution in [1.82, 2.24) is 19.7 Å². The molecule has 2 heterocycles. The topological polar surface area (TPSA) is 62.1 Å². The van der Waals surface area contributed by atoms with Crippen LogP contribution >= 0.6 is 0 Å². The fourth-order valence-corrected chi connectivity index (χ4v) is 2.48. The first kappa shape index (κ1) is 17.0. The van der Waals surface area contributed by atoms with Crippen molar-refractivity contribution in [3.8, 4) is 23.3 Å². The molecular weight excluding hydrogens is 316 g/mol. The lowest BCUT2D eigenvalue weighted by molar-refractivity contribution is 0.300. The highest BCUT2D eigenvalue weighted by molar-refractivity contribution is 5.42. The molecule has 3 rings (SSSR count). The normalized spacial score (nSPS) is 10.7. The summed E-state index contributed by atoms with van der Waals surface area (Å²) in [5.41, 5.74) is 2.70. The van der Waals surface area contributed by atoms with E-state index >= 15 is 0 Å². The average Bonchev–Trinajstić information content (AvgIpc) is 2.92. The van der Waals surface area contributed by atoms with Gasteiger partial charge in [-0.1, -0.05) is 19.1 Å². The van der Waals surface area contributed by atoms with Gasteiger partial charge in [0.2, 0.25) is 5.88 Å². The Kier molecular flexibility index (Phi) is 4.97. The van der Waals surface area contributed by atoms with Crippen molar-refractivity contribution >= 4 is 0 Å². The van der Waals surface area contributed by atoms with Crippen molar-refractivity contribution in [2.24, 2.45) is 0 Å². The third-order valence-electron chi connectivity index (χ3n) is 3.54. The highest BCUT2D eigenvalue weighted by atomic mass is 16.5. The zero-order chi connectivity index (χ0) is 17.8. The van der Waals surface area contributed by atoms with Crippen molar-refractivity contribution < 1.29 is 9.47 Å². The lowest BCUT2D eigenvalue weighted by Gasteiger charge is -2.12. The molecule has 0 amide bonds. The highest BCUT2D eigenvalue weighted by Gasteiger charge is 2.12. The minimum atomic E-state index is 0.461. The van der Waals surface area contributed by atoms with Gasteiger partial charge < -0.3 is 9.47 Å². The Bertz CT molecular complexity index is 874. The summed E-state index contributed by atoms with van der Waals surface area (Å²) in [7, 11) is 0. The van der Waals surface area contributed by atoms with Gasteiger partial charge in [0, 0.05) is 17.5 Å². The molecule has 25 heavy (non-hydrogen) atoms. The van der Waals surface area contributed by atoms with Gasteiger partial charge in [-0.15, -0.1) is 0 Å². The molecule has 0 aliphatic heterocycles. The van der Waals surface area contributed by atoms with Gasteiger partial charge in [0.1, 0.15) is 0 Å². The van der Waals surface area contributed by atoms with E-state index in [1.54, 1.807) is 10.7 Å². The van der Waals surface area contributed by atoms with Crippen molar-refractivity contribution in [3.05, 3.63) is 53.5 Å². The largest absolute Gasteiger partial charge is 0.490 e. The summed E-state index contributed by atoms with van der Waals surface area (Å²) >= 11 is 0. The first-order valence-corrected chi connectivity index (χ1v) is 8.36. The summed E-state index contributed by atoms with van der Waals surface area (Å²) in [4.78, 5) is 8.98. The van der Waals surface area contributed by atoms with E-state index < -0.39 is 0 Å². The summed E-state index contributed by atoms with van der Waals surface area (Å²) in [6.07, 6.45) is 0.934. The SMILES string of the molecule is CCCOc1ccccc1Oc1cc(C)nc(-n2nc(C)cc2C)n1. The number of nitrogens with zero attached hydrogens (tertiary/aromatic N) is 4. The fraction of sp³-hybridized carbons (Fsp3) is 0.316. The maximum atomic E-state index is 5.98. The van der Waals surface area contributed by atoms with Crippen LogP contribution in [0.25, 0.3) is 5.95 Å². The van der Waals surface area contributed by atoms with Crippen LogP contribution in [0.1, 0.15) is 30.4 Å². The molecule has 3 aromatic rings. The second kappa shape index (κ2) is 7.34. The van der Waals surface area contributed by atoms with E-state index in [0.717, 1.165) is 23.5 Å². The van der Waals surface area contributed by atoms with Crippen LogP contribution < -0.4 is 9.47 Å².